The van der Waals surface area contributed by atoms with Crippen molar-refractivity contribution in [2.24, 2.45) is 46.6 Å². The summed E-state index contributed by atoms with van der Waals surface area (Å²) < 4.78 is 0. The van der Waals surface area contributed by atoms with Crippen molar-refractivity contribution < 1.29 is 91.4 Å². The average Bonchev–Trinajstić information content (AvgIpc) is 1.68. The fraction of sp³-hybridized carbons (Fsp3) is 0.560. The molecule has 115 heavy (non-hydrogen) atoms. The number of para-hydroxylation sites is 1. The standard InChI is InChI=1S/C75H113N21O19/c1-37(2)28-50(92-65(105)46(20-15-27-81-75(79)80)89-67(107)48(21-24-56(76)97)90-66(106)47-23-26-59(100)86-47)64(104)83-35-60(101)88-54(33-58(78)99)72(112)91-49(22-25-57(77)98)68(108)94-53(32-43-34-82-45-19-14-13-18-44(43)45)69(109)85-41(9)63(103)96-62(40(7)8)73(113)84-36-61(102)87-52(31-42-16-11-10-12-17-42)71(111)93-51(29-38(3)4)70(110)95-55(74(114)115)30-39(5)6/h10-14,16-19,34,37-41,46-55,62,82H,15,20-33,35-36H2,1-9H3,(H2,76,97)(H2,77,98)(H2,78,99)(H,83,104)(H,84,113)(H,85,109)(H,86,100)(H,87,102)(H,88,101)(H,89,107)(H,90,106)(H,91,112)(H,92,105)(H,93,111)(H,94,108)(H,95,110)(H,96,103)(H,114,115)(H4,79,80,81)/t41-,46-,47-,48-,49-,50-,51-,52+,53-,54-,55-,62-/m0/s1. The van der Waals surface area contributed by atoms with E-state index in [0.29, 0.717) is 22.0 Å². The first-order valence-corrected chi connectivity index (χ1v) is 38.0. The molecule has 0 unspecified atom stereocenters. The van der Waals surface area contributed by atoms with Gasteiger partial charge in [-0.05, 0) is 99.2 Å². The molecule has 3 aromatic rings. The van der Waals surface area contributed by atoms with Gasteiger partial charge in [0.15, 0.2) is 5.96 Å². The summed E-state index contributed by atoms with van der Waals surface area (Å²) in [7, 11) is 0. The highest BCUT2D eigenvalue weighted by Crippen LogP contribution is 2.21. The highest BCUT2D eigenvalue weighted by molar-refractivity contribution is 6.01. The molecule has 1 aliphatic rings. The maximum Gasteiger partial charge on any atom is 0.326 e. The van der Waals surface area contributed by atoms with Gasteiger partial charge in [0.25, 0.3) is 0 Å². The number of amides is 17. The molecule has 2 heterocycles. The highest BCUT2D eigenvalue weighted by Gasteiger charge is 2.38. The lowest BCUT2D eigenvalue weighted by atomic mass is 9.99. The number of carboxylic acid groups (broad SMARTS) is 1. The number of aliphatic carboxylic acids is 1. The second kappa shape index (κ2) is 47.3. The molecule has 0 radical (unpaired) electrons. The maximum atomic E-state index is 14.6. The Balaban J connectivity index is 1.51. The number of H-pyrrole nitrogens is 1. The van der Waals surface area contributed by atoms with Crippen molar-refractivity contribution in [2.45, 2.75) is 225 Å². The molecule has 1 fully saturated rings. The van der Waals surface area contributed by atoms with E-state index in [1.54, 1.807) is 116 Å². The molecule has 0 saturated carbocycles. The van der Waals surface area contributed by atoms with Gasteiger partial charge in [-0.2, -0.15) is 0 Å². The number of nitrogens with two attached hydrogens (primary N) is 4. The lowest BCUT2D eigenvalue weighted by Crippen LogP contribution is -2.60. The average molecular weight is 1610 g/mol. The number of guanidine groups is 1. The number of fused-ring (bicyclic) bond motifs is 1. The van der Waals surface area contributed by atoms with Gasteiger partial charge in [0, 0.05) is 55.7 Å². The topological polar surface area (TPSA) is 652 Å². The second-order valence-electron chi connectivity index (χ2n) is 29.9. The summed E-state index contributed by atoms with van der Waals surface area (Å²) in [4.78, 5) is 245. The summed E-state index contributed by atoms with van der Waals surface area (Å²) in [6.07, 6.45) is -1.29. The van der Waals surface area contributed by atoms with Crippen LogP contribution in [-0.4, -0.2) is 215 Å². The molecule has 17 amide bonds. The van der Waals surface area contributed by atoms with Gasteiger partial charge in [-0.25, -0.2) is 4.79 Å². The van der Waals surface area contributed by atoms with E-state index in [1.807, 2.05) is 0 Å². The summed E-state index contributed by atoms with van der Waals surface area (Å²) in [6, 6.07) is -1.77. The zero-order valence-electron chi connectivity index (χ0n) is 66.1. The number of benzene rings is 2. The lowest BCUT2D eigenvalue weighted by molar-refractivity contribution is -0.143. The lowest BCUT2D eigenvalue weighted by Gasteiger charge is -2.27. The molecule has 1 aliphatic heterocycles. The van der Waals surface area contributed by atoms with Gasteiger partial charge < -0.3 is 113 Å². The van der Waals surface area contributed by atoms with Crippen LogP contribution in [0.25, 0.3) is 10.9 Å². The SMILES string of the molecule is CC(C)C[C@H](NC(=O)[C@H](CC(C)C)NC(=O)[C@@H](Cc1ccccc1)NC(=O)CNC(=O)[C@@H](NC(=O)[C@H](C)NC(=O)[C@H](Cc1c[nH]c2ccccc12)NC(=O)[C@H](CCC(N)=O)NC(=O)[C@H](CC(N)=O)NC(=O)CNC(=O)[C@H](CC(C)C)NC(=O)[C@H](CCCNC(=N)N)NC(=O)[C@H](CCC(N)=O)NC(=O)[C@@H]1CCC(=O)N1)C(C)C)C(=O)O. The first-order valence-electron chi connectivity index (χ1n) is 38.0. The molecule has 632 valence electrons. The molecule has 1 saturated heterocycles. The van der Waals surface area contributed by atoms with E-state index in [1.165, 1.54) is 6.92 Å². The molecule has 12 atom stereocenters. The minimum atomic E-state index is -1.89. The van der Waals surface area contributed by atoms with E-state index in [9.17, 15) is 91.4 Å². The third kappa shape index (κ3) is 34.3. The van der Waals surface area contributed by atoms with Crippen molar-refractivity contribution in [3.63, 3.8) is 0 Å². The predicted octanol–water partition coefficient (Wildman–Crippen LogP) is -4.63. The van der Waals surface area contributed by atoms with Crippen molar-refractivity contribution in [2.75, 3.05) is 19.6 Å². The van der Waals surface area contributed by atoms with Gasteiger partial charge in [0.1, 0.15) is 72.5 Å². The number of nitrogens with one attached hydrogen (secondary N) is 17. The van der Waals surface area contributed by atoms with Gasteiger partial charge >= 0.3 is 5.97 Å². The van der Waals surface area contributed by atoms with Gasteiger partial charge in [-0.15, -0.1) is 0 Å². The van der Waals surface area contributed by atoms with Crippen LogP contribution in [0.2, 0.25) is 0 Å². The zero-order chi connectivity index (χ0) is 85.9. The van der Waals surface area contributed by atoms with Gasteiger partial charge in [0.05, 0.1) is 19.5 Å². The molecule has 4 rings (SSSR count). The van der Waals surface area contributed by atoms with Crippen LogP contribution in [0.3, 0.4) is 0 Å². The third-order valence-electron chi connectivity index (χ3n) is 18.1. The summed E-state index contributed by atoms with van der Waals surface area (Å²) in [5.41, 5.74) is 23.5. The Bertz CT molecular complexity index is 3960. The first kappa shape index (κ1) is 95.1. The van der Waals surface area contributed by atoms with E-state index >= 15 is 0 Å². The van der Waals surface area contributed by atoms with Crippen LogP contribution in [0.1, 0.15) is 150 Å². The quantitative estimate of drug-likeness (QED) is 0.0144. The summed E-state index contributed by atoms with van der Waals surface area (Å²) in [5, 5.41) is 55.5. The number of aromatic amines is 1. The Morgan fingerprint density at radius 2 is 0.922 bits per heavy atom. The van der Waals surface area contributed by atoms with Crippen LogP contribution in [0, 0.1) is 29.1 Å². The highest BCUT2D eigenvalue weighted by atomic mass is 16.4. The third-order valence-corrected chi connectivity index (χ3v) is 18.1. The molecule has 40 nitrogen and oxygen atoms in total. The molecule has 0 spiro atoms. The number of carbonyl (C=O) groups excluding carboxylic acids is 17. The predicted molar refractivity (Wildman–Crippen MR) is 417 cm³/mol. The second-order valence-corrected chi connectivity index (χ2v) is 29.9. The smallest absolute Gasteiger partial charge is 0.326 e. The van der Waals surface area contributed by atoms with E-state index in [4.69, 9.17) is 28.3 Å². The monoisotopic (exact) mass is 1610 g/mol. The molecule has 26 N–H and O–H groups in total. The fourth-order valence-corrected chi connectivity index (χ4v) is 12.2. The number of carboxylic acids is 1. The zero-order valence-corrected chi connectivity index (χ0v) is 66.1. The Morgan fingerprint density at radius 3 is 1.44 bits per heavy atom. The van der Waals surface area contributed by atoms with Gasteiger partial charge in [-0.1, -0.05) is 104 Å². The number of hydrogen-bond acceptors (Lipinski definition) is 19. The van der Waals surface area contributed by atoms with Gasteiger partial charge in [0.2, 0.25) is 100 Å². The molecular weight excluding hydrogens is 1500 g/mol. The Hall–Kier alpha value is -12.3. The number of rotatable bonds is 50. The number of hydrogen-bond donors (Lipinski definition) is 22. The van der Waals surface area contributed by atoms with Crippen LogP contribution in [0.4, 0.5) is 0 Å². The summed E-state index contributed by atoms with van der Waals surface area (Å²) in [5.74, 6) is -18.5. The van der Waals surface area contributed by atoms with Crippen molar-refractivity contribution >= 4 is 123 Å². The van der Waals surface area contributed by atoms with Crippen LogP contribution in [0.5, 0.6) is 0 Å². The molecule has 1 aromatic heterocycles. The van der Waals surface area contributed by atoms with E-state index in [0.717, 1.165) is 0 Å². The first-order chi connectivity index (χ1) is 54.1. The number of aromatic nitrogens is 1. The maximum absolute atomic E-state index is 14.6. The summed E-state index contributed by atoms with van der Waals surface area (Å²) >= 11 is 0. The molecule has 40 heteroatoms. The molecule has 0 bridgehead atoms. The molecule has 2 aromatic carbocycles. The minimum absolute atomic E-state index is 0.0377. The van der Waals surface area contributed by atoms with Crippen LogP contribution in [0.15, 0.2) is 60.8 Å². The number of primary amides is 3. The van der Waals surface area contributed by atoms with Crippen LogP contribution in [-0.2, 0) is 99.1 Å². The van der Waals surface area contributed by atoms with Crippen molar-refractivity contribution in [3.8, 4) is 0 Å². The Kier molecular flexibility index (Phi) is 39.1. The molecule has 0 aliphatic carbocycles. The normalized spacial score (nSPS) is 15.3. The molecular formula is C75H113N21O19. The van der Waals surface area contributed by atoms with E-state index in [-0.39, 0.29) is 94.9 Å². The van der Waals surface area contributed by atoms with Gasteiger partial charge in [-0.3, -0.25) is 86.9 Å². The van der Waals surface area contributed by atoms with Crippen molar-refractivity contribution in [1.29, 1.82) is 5.41 Å². The Labute approximate surface area is 665 Å². The largest absolute Gasteiger partial charge is 0.480 e. The number of carbonyl (C=O) groups is 18. The van der Waals surface area contributed by atoms with Crippen LogP contribution < -0.4 is 103 Å². The Morgan fingerprint density at radius 1 is 0.470 bits per heavy atom. The van der Waals surface area contributed by atoms with E-state index in [2.05, 4.69) is 84.7 Å². The van der Waals surface area contributed by atoms with Crippen molar-refractivity contribution in [1.82, 2.24) is 84.7 Å². The van der Waals surface area contributed by atoms with E-state index < -0.39 is 223 Å². The van der Waals surface area contributed by atoms with Crippen LogP contribution >= 0.6 is 0 Å². The minimum Gasteiger partial charge on any atom is -0.480 e. The van der Waals surface area contributed by atoms with Crippen molar-refractivity contribution in [3.05, 3.63) is 71.9 Å². The summed E-state index contributed by atoms with van der Waals surface area (Å²) in [6.45, 7) is 13.4. The fourth-order valence-electron chi connectivity index (χ4n) is 12.2.